The van der Waals surface area contributed by atoms with Crippen LogP contribution in [0.3, 0.4) is 0 Å². The van der Waals surface area contributed by atoms with E-state index in [2.05, 4.69) is 10.1 Å². The van der Waals surface area contributed by atoms with Gasteiger partial charge in [0.15, 0.2) is 5.65 Å². The highest BCUT2D eigenvalue weighted by atomic mass is 35.5. The van der Waals surface area contributed by atoms with Gasteiger partial charge < -0.3 is 0 Å². The summed E-state index contributed by atoms with van der Waals surface area (Å²) in [7, 11) is 0. The van der Waals surface area contributed by atoms with Crippen LogP contribution < -0.4 is 0 Å². The Kier molecular flexibility index (Phi) is 3.53. The van der Waals surface area contributed by atoms with E-state index in [0.29, 0.717) is 11.3 Å². The van der Waals surface area contributed by atoms with Crippen LogP contribution in [0.25, 0.3) is 16.9 Å². The molecule has 0 aliphatic carbocycles. The maximum Gasteiger partial charge on any atom is 0.364 e. The van der Waals surface area contributed by atoms with Crippen LogP contribution in [0, 0.1) is 12.7 Å². The summed E-state index contributed by atoms with van der Waals surface area (Å²) in [6.45, 7) is 1.57. The minimum atomic E-state index is -3.66. The molecular weight excluding hydrogens is 338 g/mol. The van der Waals surface area contributed by atoms with Gasteiger partial charge in [-0.3, -0.25) is 0 Å². The van der Waals surface area contributed by atoms with Gasteiger partial charge in [0.1, 0.15) is 16.5 Å². The summed E-state index contributed by atoms with van der Waals surface area (Å²) >= 11 is 11.2. The molecule has 0 fully saturated rings. The molecule has 0 spiro atoms. The van der Waals surface area contributed by atoms with Crippen LogP contribution >= 0.6 is 23.2 Å². The Labute approximate surface area is 133 Å². The summed E-state index contributed by atoms with van der Waals surface area (Å²) in [6, 6.07) is 6.39. The molecule has 2 heterocycles. The van der Waals surface area contributed by atoms with E-state index in [1.165, 1.54) is 24.3 Å². The summed E-state index contributed by atoms with van der Waals surface area (Å²) in [4.78, 5) is 4.22. The highest BCUT2D eigenvalue weighted by Crippen LogP contribution is 2.36. The molecule has 0 atom stereocenters. The van der Waals surface area contributed by atoms with Crippen molar-refractivity contribution in [3.8, 4) is 11.3 Å². The van der Waals surface area contributed by atoms with E-state index in [-0.39, 0.29) is 16.4 Å². The smallest absolute Gasteiger partial charge is 0.227 e. The normalized spacial score (nSPS) is 12.1. The van der Waals surface area contributed by atoms with Crippen molar-refractivity contribution in [3.63, 3.8) is 0 Å². The minimum absolute atomic E-state index is 0.0660. The predicted octanol–water partition coefficient (Wildman–Crippen LogP) is 4.79. The molecule has 0 unspecified atom stereocenters. The molecular formula is C14H8Cl2F3N3. The number of rotatable bonds is 2. The molecule has 0 saturated carbocycles. The van der Waals surface area contributed by atoms with Crippen molar-refractivity contribution in [3.05, 3.63) is 52.6 Å². The summed E-state index contributed by atoms with van der Waals surface area (Å²) in [5.41, 5.74) is 0.517. The topological polar surface area (TPSA) is 30.2 Å². The number of hydrogen-bond donors (Lipinski definition) is 0. The molecule has 0 amide bonds. The van der Waals surface area contributed by atoms with Crippen LogP contribution in [0.4, 0.5) is 13.2 Å². The predicted molar refractivity (Wildman–Crippen MR) is 77.9 cm³/mol. The first kappa shape index (κ1) is 15.1. The fourth-order valence-electron chi connectivity index (χ4n) is 2.07. The van der Waals surface area contributed by atoms with Crippen molar-refractivity contribution in [1.29, 1.82) is 0 Å². The Hall–Kier alpha value is -1.79. The molecule has 3 rings (SSSR count). The Morgan fingerprint density at radius 3 is 2.41 bits per heavy atom. The molecule has 0 aliphatic rings. The van der Waals surface area contributed by atoms with E-state index < -0.39 is 16.9 Å². The molecule has 3 nitrogen and oxygen atoms in total. The molecule has 0 N–H and O–H groups in total. The average Bonchev–Trinajstić information content (AvgIpc) is 2.73. The third-order valence-corrected chi connectivity index (χ3v) is 3.76. The van der Waals surface area contributed by atoms with Gasteiger partial charge in [-0.05, 0) is 48.9 Å². The Bertz CT molecular complexity index is 854. The molecule has 0 radical (unpaired) electrons. The largest absolute Gasteiger partial charge is 0.364 e. The van der Waals surface area contributed by atoms with Crippen LogP contribution in [0.2, 0.25) is 5.02 Å². The molecule has 0 saturated heterocycles. The van der Waals surface area contributed by atoms with E-state index in [9.17, 15) is 13.2 Å². The lowest BCUT2D eigenvalue weighted by atomic mass is 10.1. The van der Waals surface area contributed by atoms with Crippen molar-refractivity contribution in [2.24, 2.45) is 0 Å². The quantitative estimate of drug-likeness (QED) is 0.625. The zero-order valence-electron chi connectivity index (χ0n) is 11.1. The van der Waals surface area contributed by atoms with E-state index in [0.717, 1.165) is 10.6 Å². The van der Waals surface area contributed by atoms with Crippen LogP contribution in [0.1, 0.15) is 11.4 Å². The Morgan fingerprint density at radius 2 is 1.82 bits per heavy atom. The molecule has 3 aromatic rings. The van der Waals surface area contributed by atoms with Crippen molar-refractivity contribution < 1.29 is 13.2 Å². The second-order valence-corrected chi connectivity index (χ2v) is 5.52. The van der Waals surface area contributed by atoms with Crippen LogP contribution in [-0.2, 0) is 5.38 Å². The van der Waals surface area contributed by atoms with E-state index >= 15 is 0 Å². The fraction of sp³-hybridized carbons (Fsp3) is 0.143. The number of benzene rings is 1. The highest BCUT2D eigenvalue weighted by Gasteiger charge is 2.33. The number of alkyl halides is 3. The van der Waals surface area contributed by atoms with Gasteiger partial charge in [0.05, 0.1) is 11.4 Å². The van der Waals surface area contributed by atoms with Crippen molar-refractivity contribution in [2.75, 3.05) is 0 Å². The third-order valence-electron chi connectivity index (χ3n) is 3.12. The molecule has 114 valence electrons. The number of hydrogen-bond acceptors (Lipinski definition) is 2. The molecule has 2 aromatic heterocycles. The minimum Gasteiger partial charge on any atom is -0.227 e. The van der Waals surface area contributed by atoms with Crippen molar-refractivity contribution in [2.45, 2.75) is 12.3 Å². The number of nitrogens with zero attached hydrogens (tertiary/aromatic N) is 3. The standard InChI is InChI=1S/C14H8Cl2F3N3/c1-7-12(15)13-20-10(8-2-4-9(17)5-3-8)6-11(14(16,18)19)22(13)21-7/h2-6H,1H3. The highest BCUT2D eigenvalue weighted by molar-refractivity contribution is 6.34. The van der Waals surface area contributed by atoms with Crippen molar-refractivity contribution >= 4 is 28.8 Å². The number of aromatic nitrogens is 3. The average molecular weight is 346 g/mol. The molecule has 0 aliphatic heterocycles. The van der Waals surface area contributed by atoms with Crippen LogP contribution in [0.15, 0.2) is 30.3 Å². The van der Waals surface area contributed by atoms with Gasteiger partial charge in [0.2, 0.25) is 0 Å². The number of fused-ring (bicyclic) bond motifs is 1. The summed E-state index contributed by atoms with van der Waals surface area (Å²) in [5.74, 6) is -0.439. The Balaban J connectivity index is 2.33. The number of halogens is 5. The summed E-state index contributed by atoms with van der Waals surface area (Å²) in [6.07, 6.45) is 0. The van der Waals surface area contributed by atoms with Gasteiger partial charge in [-0.2, -0.15) is 13.9 Å². The molecule has 0 bridgehead atoms. The zero-order chi connectivity index (χ0) is 16.1. The lowest BCUT2D eigenvalue weighted by molar-refractivity contribution is 0.0872. The van der Waals surface area contributed by atoms with E-state index in [4.69, 9.17) is 23.2 Å². The van der Waals surface area contributed by atoms with Gasteiger partial charge in [-0.15, -0.1) is 0 Å². The first-order chi connectivity index (χ1) is 10.3. The van der Waals surface area contributed by atoms with Crippen LogP contribution in [-0.4, -0.2) is 14.6 Å². The second-order valence-electron chi connectivity index (χ2n) is 4.67. The third kappa shape index (κ3) is 2.53. The number of aryl methyl sites for hydroxylation is 1. The monoisotopic (exact) mass is 345 g/mol. The van der Waals surface area contributed by atoms with Gasteiger partial charge in [0.25, 0.3) is 0 Å². The van der Waals surface area contributed by atoms with E-state index in [1.807, 2.05) is 0 Å². The second kappa shape index (κ2) is 5.14. The lowest BCUT2D eigenvalue weighted by Crippen LogP contribution is -2.12. The Morgan fingerprint density at radius 1 is 1.18 bits per heavy atom. The first-order valence-corrected chi connectivity index (χ1v) is 6.92. The molecule has 1 aromatic carbocycles. The zero-order valence-corrected chi connectivity index (χ0v) is 12.6. The van der Waals surface area contributed by atoms with Gasteiger partial charge in [0, 0.05) is 5.56 Å². The van der Waals surface area contributed by atoms with Gasteiger partial charge >= 0.3 is 5.38 Å². The van der Waals surface area contributed by atoms with Gasteiger partial charge in [-0.1, -0.05) is 11.6 Å². The van der Waals surface area contributed by atoms with Crippen LogP contribution in [0.5, 0.6) is 0 Å². The fourth-order valence-corrected chi connectivity index (χ4v) is 2.36. The van der Waals surface area contributed by atoms with E-state index in [1.54, 1.807) is 6.92 Å². The van der Waals surface area contributed by atoms with Gasteiger partial charge in [-0.25, -0.2) is 13.9 Å². The summed E-state index contributed by atoms with van der Waals surface area (Å²) < 4.78 is 41.2. The van der Waals surface area contributed by atoms with Crippen molar-refractivity contribution in [1.82, 2.24) is 14.6 Å². The maximum atomic E-state index is 13.7. The molecule has 8 heteroatoms. The first-order valence-electron chi connectivity index (χ1n) is 6.16. The maximum absolute atomic E-state index is 13.7. The molecule has 22 heavy (non-hydrogen) atoms. The summed E-state index contributed by atoms with van der Waals surface area (Å²) in [5, 5.41) is 0.429. The lowest BCUT2D eigenvalue weighted by Gasteiger charge is -2.12. The SMILES string of the molecule is Cc1nn2c(C(F)(F)Cl)cc(-c3ccc(F)cc3)nc2c1Cl.